The van der Waals surface area contributed by atoms with Gasteiger partial charge < -0.3 is 10.6 Å². The summed E-state index contributed by atoms with van der Waals surface area (Å²) >= 11 is 0. The smallest absolute Gasteiger partial charge is 0.244 e. The van der Waals surface area contributed by atoms with Crippen molar-refractivity contribution in [1.82, 2.24) is 9.62 Å². The number of rotatable bonds is 5. The SMILES string of the molecule is CCC1(C(=O)Nc2cccc(S(=O)(=O)N(C)C)c2)CCCN1. The van der Waals surface area contributed by atoms with E-state index in [1.54, 1.807) is 12.1 Å². The summed E-state index contributed by atoms with van der Waals surface area (Å²) in [5, 5.41) is 6.11. The molecule has 22 heavy (non-hydrogen) atoms. The number of hydrogen-bond donors (Lipinski definition) is 2. The molecule has 2 rings (SSSR count). The predicted molar refractivity (Wildman–Crippen MR) is 86.2 cm³/mol. The van der Waals surface area contributed by atoms with Crippen molar-refractivity contribution in [2.75, 3.05) is 26.0 Å². The Bertz CT molecular complexity index is 650. The third-order valence-electron chi connectivity index (χ3n) is 4.15. The molecule has 1 amide bonds. The zero-order chi connectivity index (χ0) is 16.4. The van der Waals surface area contributed by atoms with E-state index in [0.29, 0.717) is 12.1 Å². The van der Waals surface area contributed by atoms with Gasteiger partial charge in [0.2, 0.25) is 15.9 Å². The number of hydrogen-bond acceptors (Lipinski definition) is 4. The number of anilines is 1. The molecule has 1 saturated heterocycles. The van der Waals surface area contributed by atoms with Crippen LogP contribution in [0.4, 0.5) is 5.69 Å². The number of nitrogens with one attached hydrogen (secondary N) is 2. The van der Waals surface area contributed by atoms with Crippen LogP contribution in [0.5, 0.6) is 0 Å². The average Bonchev–Trinajstić information content (AvgIpc) is 2.97. The highest BCUT2D eigenvalue weighted by Gasteiger charge is 2.39. The van der Waals surface area contributed by atoms with Crippen LogP contribution in [0.15, 0.2) is 29.2 Å². The number of sulfonamides is 1. The number of benzene rings is 1. The van der Waals surface area contributed by atoms with Gasteiger partial charge in [-0.05, 0) is 44.0 Å². The van der Waals surface area contributed by atoms with Gasteiger partial charge in [-0.25, -0.2) is 12.7 Å². The summed E-state index contributed by atoms with van der Waals surface area (Å²) in [5.74, 6) is -0.105. The van der Waals surface area contributed by atoms with Gasteiger partial charge >= 0.3 is 0 Å². The highest BCUT2D eigenvalue weighted by atomic mass is 32.2. The topological polar surface area (TPSA) is 78.5 Å². The molecule has 1 aromatic rings. The molecule has 1 unspecified atom stereocenters. The normalized spacial score (nSPS) is 22.0. The number of amides is 1. The second-order valence-electron chi connectivity index (χ2n) is 5.74. The second kappa shape index (κ2) is 6.36. The van der Waals surface area contributed by atoms with Gasteiger partial charge in [-0.3, -0.25) is 4.79 Å². The summed E-state index contributed by atoms with van der Waals surface area (Å²) in [4.78, 5) is 12.7. The number of carbonyl (C=O) groups is 1. The maximum atomic E-state index is 12.5. The van der Waals surface area contributed by atoms with Gasteiger partial charge in [0.15, 0.2) is 0 Å². The van der Waals surface area contributed by atoms with E-state index in [2.05, 4.69) is 10.6 Å². The van der Waals surface area contributed by atoms with Crippen molar-refractivity contribution in [3.8, 4) is 0 Å². The van der Waals surface area contributed by atoms with Crippen molar-refractivity contribution in [3.05, 3.63) is 24.3 Å². The average molecular weight is 325 g/mol. The lowest BCUT2D eigenvalue weighted by molar-refractivity contribution is -0.122. The Balaban J connectivity index is 2.23. The number of carbonyl (C=O) groups excluding carboxylic acids is 1. The Morgan fingerprint density at radius 1 is 1.41 bits per heavy atom. The molecule has 1 aliphatic rings. The van der Waals surface area contributed by atoms with E-state index in [1.807, 2.05) is 6.92 Å². The van der Waals surface area contributed by atoms with Crippen LogP contribution in [-0.2, 0) is 14.8 Å². The van der Waals surface area contributed by atoms with Gasteiger partial charge in [0.25, 0.3) is 0 Å². The zero-order valence-corrected chi connectivity index (χ0v) is 14.0. The molecule has 1 atom stereocenters. The third-order valence-corrected chi connectivity index (χ3v) is 5.96. The Morgan fingerprint density at radius 2 is 2.14 bits per heavy atom. The molecule has 7 heteroatoms. The van der Waals surface area contributed by atoms with Crippen molar-refractivity contribution in [2.45, 2.75) is 36.6 Å². The molecule has 0 aromatic heterocycles. The lowest BCUT2D eigenvalue weighted by Gasteiger charge is -2.26. The highest BCUT2D eigenvalue weighted by molar-refractivity contribution is 7.89. The monoisotopic (exact) mass is 325 g/mol. The molecule has 122 valence electrons. The van der Waals surface area contributed by atoms with Crippen LogP contribution in [0.1, 0.15) is 26.2 Å². The van der Waals surface area contributed by atoms with E-state index in [-0.39, 0.29) is 10.8 Å². The van der Waals surface area contributed by atoms with E-state index in [1.165, 1.54) is 26.2 Å². The van der Waals surface area contributed by atoms with E-state index in [4.69, 9.17) is 0 Å². The minimum Gasteiger partial charge on any atom is -0.324 e. The van der Waals surface area contributed by atoms with Crippen LogP contribution in [0.2, 0.25) is 0 Å². The standard InChI is InChI=1S/C15H23N3O3S/c1-4-15(9-6-10-16-15)14(19)17-12-7-5-8-13(11-12)22(20,21)18(2)3/h5,7-8,11,16H,4,6,9-10H2,1-3H3,(H,17,19). The van der Waals surface area contributed by atoms with Crippen molar-refractivity contribution in [3.63, 3.8) is 0 Å². The van der Waals surface area contributed by atoms with Crippen molar-refractivity contribution >= 4 is 21.6 Å². The Morgan fingerprint density at radius 3 is 2.68 bits per heavy atom. The first-order valence-electron chi connectivity index (χ1n) is 7.41. The first kappa shape index (κ1) is 16.9. The molecular weight excluding hydrogens is 302 g/mol. The molecule has 0 saturated carbocycles. The number of nitrogens with zero attached hydrogens (tertiary/aromatic N) is 1. The maximum absolute atomic E-state index is 12.5. The first-order chi connectivity index (χ1) is 10.3. The van der Waals surface area contributed by atoms with Gasteiger partial charge in [-0.15, -0.1) is 0 Å². The fourth-order valence-electron chi connectivity index (χ4n) is 2.66. The summed E-state index contributed by atoms with van der Waals surface area (Å²) in [6.07, 6.45) is 2.47. The quantitative estimate of drug-likeness (QED) is 0.858. The van der Waals surface area contributed by atoms with Crippen molar-refractivity contribution < 1.29 is 13.2 Å². The fourth-order valence-corrected chi connectivity index (χ4v) is 3.61. The molecule has 1 heterocycles. The van der Waals surface area contributed by atoms with E-state index < -0.39 is 15.6 Å². The van der Waals surface area contributed by atoms with E-state index in [0.717, 1.165) is 23.7 Å². The molecular formula is C15H23N3O3S. The zero-order valence-electron chi connectivity index (χ0n) is 13.2. The van der Waals surface area contributed by atoms with Gasteiger partial charge in [0, 0.05) is 19.8 Å². The molecule has 0 spiro atoms. The van der Waals surface area contributed by atoms with E-state index >= 15 is 0 Å². The van der Waals surface area contributed by atoms with Gasteiger partial charge in [0.05, 0.1) is 10.4 Å². The van der Waals surface area contributed by atoms with Crippen LogP contribution >= 0.6 is 0 Å². The molecule has 0 radical (unpaired) electrons. The first-order valence-corrected chi connectivity index (χ1v) is 8.85. The van der Waals surface area contributed by atoms with Crippen LogP contribution in [-0.4, -0.2) is 44.8 Å². The molecule has 6 nitrogen and oxygen atoms in total. The summed E-state index contributed by atoms with van der Waals surface area (Å²) in [5.41, 5.74) is -0.0503. The molecule has 1 aliphatic heterocycles. The molecule has 0 bridgehead atoms. The molecule has 2 N–H and O–H groups in total. The molecule has 1 aromatic carbocycles. The largest absolute Gasteiger partial charge is 0.324 e. The van der Waals surface area contributed by atoms with Gasteiger partial charge in [-0.1, -0.05) is 13.0 Å². The minimum atomic E-state index is -3.51. The van der Waals surface area contributed by atoms with Crippen LogP contribution < -0.4 is 10.6 Å². The van der Waals surface area contributed by atoms with Crippen molar-refractivity contribution in [2.24, 2.45) is 0 Å². The third kappa shape index (κ3) is 3.16. The van der Waals surface area contributed by atoms with Crippen LogP contribution in [0, 0.1) is 0 Å². The minimum absolute atomic E-state index is 0.105. The summed E-state index contributed by atoms with van der Waals surface area (Å²) in [6, 6.07) is 6.34. The summed E-state index contributed by atoms with van der Waals surface area (Å²) < 4.78 is 25.4. The Hall–Kier alpha value is -1.44. The lowest BCUT2D eigenvalue weighted by Crippen LogP contribution is -2.50. The maximum Gasteiger partial charge on any atom is 0.244 e. The van der Waals surface area contributed by atoms with Crippen LogP contribution in [0.3, 0.4) is 0 Å². The predicted octanol–water partition coefficient (Wildman–Crippen LogP) is 1.41. The fraction of sp³-hybridized carbons (Fsp3) is 0.533. The lowest BCUT2D eigenvalue weighted by atomic mass is 9.93. The second-order valence-corrected chi connectivity index (χ2v) is 7.89. The highest BCUT2D eigenvalue weighted by Crippen LogP contribution is 2.25. The van der Waals surface area contributed by atoms with Gasteiger partial charge in [0.1, 0.15) is 0 Å². The van der Waals surface area contributed by atoms with E-state index in [9.17, 15) is 13.2 Å². The Labute approximate surface area is 131 Å². The molecule has 0 aliphatic carbocycles. The summed E-state index contributed by atoms with van der Waals surface area (Å²) in [7, 11) is -0.546. The molecule has 1 fully saturated rings. The van der Waals surface area contributed by atoms with Crippen molar-refractivity contribution in [1.29, 1.82) is 0 Å². The summed E-state index contributed by atoms with van der Waals surface area (Å²) in [6.45, 7) is 2.81. The van der Waals surface area contributed by atoms with Gasteiger partial charge in [-0.2, -0.15) is 0 Å². The Kier molecular flexibility index (Phi) is 4.89. The van der Waals surface area contributed by atoms with Crippen LogP contribution in [0.25, 0.3) is 0 Å².